The molecule has 4 heteroatoms. The van der Waals surface area contributed by atoms with E-state index in [1.165, 1.54) is 0 Å². The molecule has 0 aromatic carbocycles. The molecule has 0 amide bonds. The molecule has 0 aromatic rings. The largest absolute Gasteiger partial charge is 0.459 e. The van der Waals surface area contributed by atoms with E-state index in [-0.39, 0.29) is 11.6 Å². The Balaban J connectivity index is 2.25. The number of carbonyl (C=O) groups is 1. The van der Waals surface area contributed by atoms with Crippen molar-refractivity contribution in [2.24, 2.45) is 0 Å². The molecule has 1 heterocycles. The number of carbonyl (C=O) groups excluding carboxylic acids is 1. The van der Waals surface area contributed by atoms with Gasteiger partial charge in [0.25, 0.3) is 0 Å². The number of ether oxygens (including phenoxy) is 1. The van der Waals surface area contributed by atoms with E-state index in [0.717, 1.165) is 26.2 Å². The molecular weight excluding hydrogens is 180 g/mol. The summed E-state index contributed by atoms with van der Waals surface area (Å²) in [5.74, 6) is -0.139. The predicted octanol–water partition coefficient (Wildman–Crippen LogP) is 0.248. The average molecular weight is 199 g/mol. The normalized spacial score (nSPS) is 19.4. The lowest BCUT2D eigenvalue weighted by molar-refractivity contribution is -0.156. The Labute approximate surface area is 85.6 Å². The SMILES string of the molecule is CC(C)(C)OC(=O)CN1CC[N]CC1. The van der Waals surface area contributed by atoms with Crippen LogP contribution < -0.4 is 5.32 Å². The summed E-state index contributed by atoms with van der Waals surface area (Å²) in [6, 6.07) is 0. The van der Waals surface area contributed by atoms with Crippen molar-refractivity contribution in [2.75, 3.05) is 32.7 Å². The van der Waals surface area contributed by atoms with E-state index in [4.69, 9.17) is 4.74 Å². The quantitative estimate of drug-likeness (QED) is 0.599. The highest BCUT2D eigenvalue weighted by Crippen LogP contribution is 2.07. The van der Waals surface area contributed by atoms with Crippen LogP contribution in [0.3, 0.4) is 0 Å². The zero-order chi connectivity index (χ0) is 10.6. The van der Waals surface area contributed by atoms with Gasteiger partial charge in [-0.25, -0.2) is 5.32 Å². The van der Waals surface area contributed by atoms with Gasteiger partial charge in [0.2, 0.25) is 0 Å². The Kier molecular flexibility index (Phi) is 3.89. The minimum atomic E-state index is -0.378. The zero-order valence-electron chi connectivity index (χ0n) is 9.25. The molecule has 0 spiro atoms. The van der Waals surface area contributed by atoms with Gasteiger partial charge in [0, 0.05) is 26.2 Å². The van der Waals surface area contributed by atoms with E-state index in [1.54, 1.807) is 0 Å². The maximum atomic E-state index is 11.4. The van der Waals surface area contributed by atoms with Gasteiger partial charge in [-0.15, -0.1) is 0 Å². The molecule has 1 saturated heterocycles. The summed E-state index contributed by atoms with van der Waals surface area (Å²) in [5.41, 5.74) is -0.378. The number of piperazine rings is 1. The Morgan fingerprint density at radius 3 is 2.43 bits per heavy atom. The summed E-state index contributed by atoms with van der Waals surface area (Å²) < 4.78 is 5.23. The first-order valence-corrected chi connectivity index (χ1v) is 5.05. The molecule has 14 heavy (non-hydrogen) atoms. The number of nitrogens with zero attached hydrogens (tertiary/aromatic N) is 2. The first kappa shape index (κ1) is 11.5. The summed E-state index contributed by atoms with van der Waals surface area (Å²) in [6.45, 7) is 9.47. The first-order valence-electron chi connectivity index (χ1n) is 5.05. The fraction of sp³-hybridized carbons (Fsp3) is 0.900. The van der Waals surface area contributed by atoms with Crippen LogP contribution in [0.15, 0.2) is 0 Å². The molecule has 0 aliphatic carbocycles. The lowest BCUT2D eigenvalue weighted by Gasteiger charge is -2.27. The van der Waals surface area contributed by atoms with Gasteiger partial charge in [-0.1, -0.05) is 0 Å². The van der Waals surface area contributed by atoms with Gasteiger partial charge in [-0.05, 0) is 20.8 Å². The van der Waals surface area contributed by atoms with Crippen LogP contribution in [0.1, 0.15) is 20.8 Å². The monoisotopic (exact) mass is 199 g/mol. The van der Waals surface area contributed by atoms with E-state index in [1.807, 2.05) is 20.8 Å². The zero-order valence-corrected chi connectivity index (χ0v) is 9.25. The summed E-state index contributed by atoms with van der Waals surface area (Å²) in [6.07, 6.45) is 0. The second-order valence-corrected chi connectivity index (χ2v) is 4.53. The highest BCUT2D eigenvalue weighted by atomic mass is 16.6. The highest BCUT2D eigenvalue weighted by Gasteiger charge is 2.19. The van der Waals surface area contributed by atoms with E-state index in [9.17, 15) is 4.79 Å². The van der Waals surface area contributed by atoms with Crippen molar-refractivity contribution in [3.8, 4) is 0 Å². The van der Waals surface area contributed by atoms with E-state index < -0.39 is 0 Å². The number of esters is 1. The van der Waals surface area contributed by atoms with Crippen LogP contribution in [0.5, 0.6) is 0 Å². The molecule has 0 aromatic heterocycles. The Hall–Kier alpha value is -0.610. The Morgan fingerprint density at radius 2 is 1.93 bits per heavy atom. The second-order valence-electron chi connectivity index (χ2n) is 4.53. The van der Waals surface area contributed by atoms with Crippen molar-refractivity contribution in [3.05, 3.63) is 0 Å². The van der Waals surface area contributed by atoms with Crippen molar-refractivity contribution in [1.82, 2.24) is 10.2 Å². The molecule has 0 N–H and O–H groups in total. The van der Waals surface area contributed by atoms with Crippen molar-refractivity contribution in [1.29, 1.82) is 0 Å². The molecular formula is C10H19N2O2. The van der Waals surface area contributed by atoms with Crippen molar-refractivity contribution < 1.29 is 9.53 Å². The van der Waals surface area contributed by atoms with Gasteiger partial charge in [-0.3, -0.25) is 9.69 Å². The fourth-order valence-corrected chi connectivity index (χ4v) is 1.36. The predicted molar refractivity (Wildman–Crippen MR) is 54.2 cm³/mol. The molecule has 1 radical (unpaired) electrons. The van der Waals surface area contributed by atoms with Gasteiger partial charge in [0.05, 0.1) is 6.54 Å². The lowest BCUT2D eigenvalue weighted by atomic mass is 10.2. The van der Waals surface area contributed by atoms with Crippen LogP contribution in [0.2, 0.25) is 0 Å². The molecule has 0 bridgehead atoms. The summed E-state index contributed by atoms with van der Waals surface area (Å²) in [5, 5.41) is 4.22. The molecule has 1 aliphatic heterocycles. The fourth-order valence-electron chi connectivity index (χ4n) is 1.36. The minimum Gasteiger partial charge on any atom is -0.459 e. The van der Waals surface area contributed by atoms with Crippen LogP contribution >= 0.6 is 0 Å². The minimum absolute atomic E-state index is 0.139. The van der Waals surface area contributed by atoms with Gasteiger partial charge in [0.15, 0.2) is 0 Å². The van der Waals surface area contributed by atoms with Gasteiger partial charge < -0.3 is 4.74 Å². The third-order valence-electron chi connectivity index (χ3n) is 1.92. The first-order chi connectivity index (χ1) is 6.47. The molecule has 1 fully saturated rings. The third kappa shape index (κ3) is 4.58. The van der Waals surface area contributed by atoms with Crippen LogP contribution in [0, 0.1) is 0 Å². The topological polar surface area (TPSA) is 43.6 Å². The standard InChI is InChI=1S/C10H19N2O2/c1-10(2,3)14-9(13)8-12-6-4-11-5-7-12/h4-8H2,1-3H3. The average Bonchev–Trinajstić information content (AvgIpc) is 2.02. The van der Waals surface area contributed by atoms with E-state index in [0.29, 0.717) is 6.54 Å². The summed E-state index contributed by atoms with van der Waals surface area (Å²) in [7, 11) is 0. The maximum Gasteiger partial charge on any atom is 0.320 e. The van der Waals surface area contributed by atoms with Gasteiger partial charge >= 0.3 is 5.97 Å². The van der Waals surface area contributed by atoms with Crippen LogP contribution in [0.4, 0.5) is 0 Å². The van der Waals surface area contributed by atoms with Crippen molar-refractivity contribution >= 4 is 5.97 Å². The molecule has 0 saturated carbocycles. The second kappa shape index (κ2) is 4.75. The van der Waals surface area contributed by atoms with Crippen LogP contribution in [0.25, 0.3) is 0 Å². The molecule has 0 atom stereocenters. The van der Waals surface area contributed by atoms with Gasteiger partial charge in [0.1, 0.15) is 5.60 Å². The van der Waals surface area contributed by atoms with Crippen molar-refractivity contribution in [3.63, 3.8) is 0 Å². The number of hydrogen-bond acceptors (Lipinski definition) is 3. The molecule has 81 valence electrons. The highest BCUT2D eigenvalue weighted by molar-refractivity contribution is 5.72. The van der Waals surface area contributed by atoms with Gasteiger partial charge in [-0.2, -0.15) is 0 Å². The Bertz CT molecular complexity index is 193. The van der Waals surface area contributed by atoms with Crippen molar-refractivity contribution in [2.45, 2.75) is 26.4 Å². The smallest absolute Gasteiger partial charge is 0.320 e. The molecule has 4 nitrogen and oxygen atoms in total. The molecule has 1 rings (SSSR count). The Morgan fingerprint density at radius 1 is 1.36 bits per heavy atom. The summed E-state index contributed by atoms with van der Waals surface area (Å²) in [4.78, 5) is 13.5. The number of hydrogen-bond donors (Lipinski definition) is 0. The third-order valence-corrected chi connectivity index (χ3v) is 1.92. The van der Waals surface area contributed by atoms with E-state index >= 15 is 0 Å². The lowest BCUT2D eigenvalue weighted by Crippen LogP contribution is -2.44. The number of rotatable bonds is 2. The molecule has 1 aliphatic rings. The van der Waals surface area contributed by atoms with Crippen LogP contribution in [-0.2, 0) is 9.53 Å². The summed E-state index contributed by atoms with van der Waals surface area (Å²) >= 11 is 0. The molecule has 0 unspecified atom stereocenters. The van der Waals surface area contributed by atoms with Crippen LogP contribution in [-0.4, -0.2) is 49.2 Å². The van der Waals surface area contributed by atoms with E-state index in [2.05, 4.69) is 10.2 Å². The maximum absolute atomic E-state index is 11.4.